The van der Waals surface area contributed by atoms with Gasteiger partial charge in [0.25, 0.3) is 0 Å². The number of nitrogens with zero attached hydrogens (tertiary/aromatic N) is 2. The molecule has 2 aromatic rings. The second-order valence-electron chi connectivity index (χ2n) is 9.14. The Bertz CT molecular complexity index is 1110. The van der Waals surface area contributed by atoms with E-state index in [1.165, 1.54) is 0 Å². The molecule has 182 valence electrons. The van der Waals surface area contributed by atoms with E-state index in [1.807, 2.05) is 48.0 Å². The largest absolute Gasteiger partial charge is 0.471 e. The maximum Gasteiger partial charge on any atom is 0.471 e. The number of carbonyl (C=O) groups is 3. The van der Waals surface area contributed by atoms with Crippen LogP contribution in [0.1, 0.15) is 53.0 Å². The Labute approximate surface area is 196 Å². The number of carbonyl (C=O) groups excluding carboxylic acids is 3. The molecule has 2 aliphatic rings. The van der Waals surface area contributed by atoms with E-state index < -0.39 is 18.1 Å². The minimum atomic E-state index is -4.92. The number of amides is 2. The normalized spacial score (nSPS) is 17.0. The number of aryl methyl sites for hydroxylation is 1. The molecule has 2 heterocycles. The molecule has 0 unspecified atom stereocenters. The first-order chi connectivity index (χ1) is 16.1. The van der Waals surface area contributed by atoms with Gasteiger partial charge in [-0.1, -0.05) is 29.8 Å². The highest BCUT2D eigenvalue weighted by Crippen LogP contribution is 2.37. The van der Waals surface area contributed by atoms with Crippen molar-refractivity contribution in [2.24, 2.45) is 0 Å². The molecular formula is C25H28F3N3O3. The Kier molecular flexibility index (Phi) is 6.55. The summed E-state index contributed by atoms with van der Waals surface area (Å²) in [5, 5.41) is 2.00. The zero-order chi connectivity index (χ0) is 24.6. The number of hydrogen-bond donors (Lipinski definition) is 1. The van der Waals surface area contributed by atoms with Crippen LogP contribution in [-0.4, -0.2) is 52.4 Å². The fourth-order valence-corrected chi connectivity index (χ4v) is 4.99. The number of likely N-dealkylation sites (tertiary alicyclic amines) is 1. The Hall–Kier alpha value is -3.10. The lowest BCUT2D eigenvalue weighted by Gasteiger charge is -2.33. The van der Waals surface area contributed by atoms with Crippen LogP contribution in [0.25, 0.3) is 11.1 Å². The van der Waals surface area contributed by atoms with Gasteiger partial charge < -0.3 is 14.8 Å². The maximum absolute atomic E-state index is 13.1. The highest BCUT2D eigenvalue weighted by atomic mass is 19.4. The molecule has 6 nitrogen and oxygen atoms in total. The first-order valence-electron chi connectivity index (χ1n) is 11.5. The number of benzene rings is 1. The van der Waals surface area contributed by atoms with Gasteiger partial charge in [0.05, 0.1) is 5.69 Å². The molecule has 1 aromatic carbocycles. The van der Waals surface area contributed by atoms with E-state index in [0.29, 0.717) is 12.1 Å². The van der Waals surface area contributed by atoms with Gasteiger partial charge in [-0.15, -0.1) is 0 Å². The van der Waals surface area contributed by atoms with Crippen molar-refractivity contribution in [3.05, 3.63) is 46.8 Å². The molecule has 0 atom stereocenters. The Morgan fingerprint density at radius 3 is 2.32 bits per heavy atom. The number of nitrogens with one attached hydrogen (secondary N) is 1. The van der Waals surface area contributed by atoms with E-state index in [0.717, 1.165) is 40.8 Å². The van der Waals surface area contributed by atoms with Crippen molar-refractivity contribution in [1.29, 1.82) is 0 Å². The zero-order valence-corrected chi connectivity index (χ0v) is 19.3. The lowest BCUT2D eigenvalue weighted by molar-refractivity contribution is -0.174. The van der Waals surface area contributed by atoms with E-state index in [4.69, 9.17) is 0 Å². The molecular weight excluding hydrogens is 447 g/mol. The summed E-state index contributed by atoms with van der Waals surface area (Å²) < 4.78 is 39.3. The summed E-state index contributed by atoms with van der Waals surface area (Å²) >= 11 is 0. The van der Waals surface area contributed by atoms with Crippen LogP contribution in [0.2, 0.25) is 0 Å². The Morgan fingerprint density at radius 2 is 1.71 bits per heavy atom. The predicted octanol–water partition coefficient (Wildman–Crippen LogP) is 3.96. The number of hydrogen-bond acceptors (Lipinski definition) is 3. The van der Waals surface area contributed by atoms with Crippen LogP contribution in [0.15, 0.2) is 24.3 Å². The summed E-state index contributed by atoms with van der Waals surface area (Å²) in [4.78, 5) is 38.8. The van der Waals surface area contributed by atoms with E-state index in [9.17, 15) is 27.6 Å². The molecule has 34 heavy (non-hydrogen) atoms. The maximum atomic E-state index is 13.1. The van der Waals surface area contributed by atoms with E-state index in [2.05, 4.69) is 0 Å². The molecule has 1 N–H and O–H groups in total. The van der Waals surface area contributed by atoms with Crippen LogP contribution < -0.4 is 5.32 Å². The zero-order valence-electron chi connectivity index (χ0n) is 19.3. The van der Waals surface area contributed by atoms with Crippen molar-refractivity contribution >= 4 is 17.6 Å². The Balaban J connectivity index is 1.52. The lowest BCUT2D eigenvalue weighted by atomic mass is 9.90. The topological polar surface area (TPSA) is 71.4 Å². The SMILES string of the molecule is Cc1ccc(-c2c3c(n(CC(=O)N4CCC(NC(=O)C(F)(F)F)CC4)c2C)C(=O)CCC3)cc1. The van der Waals surface area contributed by atoms with Gasteiger partial charge in [0, 0.05) is 36.8 Å². The average molecular weight is 476 g/mol. The smallest absolute Gasteiger partial charge is 0.345 e. The minimum Gasteiger partial charge on any atom is -0.345 e. The molecule has 4 rings (SSSR count). The Morgan fingerprint density at radius 1 is 1.06 bits per heavy atom. The van der Waals surface area contributed by atoms with Crippen molar-refractivity contribution < 1.29 is 27.6 Å². The monoisotopic (exact) mass is 475 g/mol. The third-order valence-electron chi connectivity index (χ3n) is 6.79. The lowest BCUT2D eigenvalue weighted by Crippen LogP contribution is -2.50. The van der Waals surface area contributed by atoms with Crippen LogP contribution in [0.5, 0.6) is 0 Å². The van der Waals surface area contributed by atoms with Gasteiger partial charge in [0.2, 0.25) is 5.91 Å². The summed E-state index contributed by atoms with van der Waals surface area (Å²) in [6, 6.07) is 7.49. The second kappa shape index (κ2) is 9.27. The van der Waals surface area contributed by atoms with Gasteiger partial charge in [-0.2, -0.15) is 13.2 Å². The van der Waals surface area contributed by atoms with Crippen LogP contribution in [-0.2, 0) is 22.6 Å². The van der Waals surface area contributed by atoms with Crippen LogP contribution in [0.3, 0.4) is 0 Å². The van der Waals surface area contributed by atoms with E-state index in [1.54, 1.807) is 4.90 Å². The summed E-state index contributed by atoms with van der Waals surface area (Å²) in [7, 11) is 0. The first kappa shape index (κ1) is 24.0. The van der Waals surface area contributed by atoms with Gasteiger partial charge in [0.1, 0.15) is 6.54 Å². The molecule has 9 heteroatoms. The van der Waals surface area contributed by atoms with Gasteiger partial charge in [-0.05, 0) is 50.7 Å². The molecule has 0 spiro atoms. The quantitative estimate of drug-likeness (QED) is 0.728. The molecule has 1 saturated heterocycles. The number of rotatable bonds is 4. The minimum absolute atomic E-state index is 0.00530. The fraction of sp³-hybridized carbons (Fsp3) is 0.480. The van der Waals surface area contributed by atoms with Gasteiger partial charge >= 0.3 is 12.1 Å². The predicted molar refractivity (Wildman–Crippen MR) is 120 cm³/mol. The van der Waals surface area contributed by atoms with Crippen LogP contribution in [0, 0.1) is 13.8 Å². The molecule has 0 bridgehead atoms. The van der Waals surface area contributed by atoms with Crippen LogP contribution >= 0.6 is 0 Å². The molecule has 1 aliphatic heterocycles. The van der Waals surface area contributed by atoms with Gasteiger partial charge in [0.15, 0.2) is 5.78 Å². The highest BCUT2D eigenvalue weighted by molar-refractivity contribution is 6.00. The van der Waals surface area contributed by atoms with Crippen molar-refractivity contribution in [2.75, 3.05) is 13.1 Å². The molecule has 1 fully saturated rings. The molecule has 0 radical (unpaired) electrons. The number of Topliss-reactive ketones (excluding diaryl/α,β-unsaturated/α-hetero) is 1. The number of fused-ring (bicyclic) bond motifs is 1. The van der Waals surface area contributed by atoms with E-state index in [-0.39, 0.29) is 44.2 Å². The summed E-state index contributed by atoms with van der Waals surface area (Å²) in [5.74, 6) is -2.10. The molecule has 1 aromatic heterocycles. The molecule has 1 aliphatic carbocycles. The van der Waals surface area contributed by atoms with Crippen LogP contribution in [0.4, 0.5) is 13.2 Å². The van der Waals surface area contributed by atoms with Crippen molar-refractivity contribution in [3.63, 3.8) is 0 Å². The van der Waals surface area contributed by atoms with Crippen molar-refractivity contribution in [2.45, 2.75) is 64.7 Å². The first-order valence-corrected chi connectivity index (χ1v) is 11.5. The number of piperidine rings is 1. The van der Waals surface area contributed by atoms with Crippen molar-refractivity contribution in [3.8, 4) is 11.1 Å². The average Bonchev–Trinajstić information content (AvgIpc) is 3.06. The summed E-state index contributed by atoms with van der Waals surface area (Å²) in [6.45, 7) is 4.45. The third kappa shape index (κ3) is 4.74. The summed E-state index contributed by atoms with van der Waals surface area (Å²) in [6.07, 6.45) is -2.41. The number of alkyl halides is 3. The number of ketones is 1. The van der Waals surface area contributed by atoms with Gasteiger partial charge in [-0.3, -0.25) is 14.4 Å². The summed E-state index contributed by atoms with van der Waals surface area (Å²) in [5.41, 5.74) is 5.60. The van der Waals surface area contributed by atoms with Crippen molar-refractivity contribution in [1.82, 2.24) is 14.8 Å². The van der Waals surface area contributed by atoms with Gasteiger partial charge in [-0.25, -0.2) is 0 Å². The standard InChI is InChI=1S/C25H28F3N3O3/c1-15-6-8-17(9-7-15)22-16(2)31(23-19(22)4-3-5-20(23)32)14-21(33)30-12-10-18(11-13-30)29-24(34)25(26,27)28/h6-9,18H,3-5,10-14H2,1-2H3,(H,29,34). The van der Waals surface area contributed by atoms with E-state index >= 15 is 0 Å². The highest BCUT2D eigenvalue weighted by Gasteiger charge is 2.40. The fourth-order valence-electron chi connectivity index (χ4n) is 4.99. The number of aromatic nitrogens is 1. The second-order valence-corrected chi connectivity index (χ2v) is 9.14. The third-order valence-corrected chi connectivity index (χ3v) is 6.79. The molecule has 0 saturated carbocycles. The molecule has 2 amide bonds. The number of halogens is 3.